The highest BCUT2D eigenvalue weighted by Crippen LogP contribution is 2.28. The molecule has 1 aromatic rings. The Morgan fingerprint density at radius 2 is 1.71 bits per heavy atom. The van der Waals surface area contributed by atoms with Gasteiger partial charge in [-0.1, -0.05) is 30.3 Å². The zero-order chi connectivity index (χ0) is 12.3. The average molecular weight is 232 g/mol. The van der Waals surface area contributed by atoms with Gasteiger partial charge in [0.15, 0.2) is 0 Å². The minimum Gasteiger partial charge on any atom is -0.328 e. The molecule has 0 aliphatic heterocycles. The highest BCUT2D eigenvalue weighted by atomic mass is 15.2. The molecule has 1 atom stereocenters. The van der Waals surface area contributed by atoms with Crippen LogP contribution in [-0.2, 0) is 0 Å². The lowest BCUT2D eigenvalue weighted by molar-refractivity contribution is 0.140. The van der Waals surface area contributed by atoms with Gasteiger partial charge in [-0.25, -0.2) is 0 Å². The fourth-order valence-electron chi connectivity index (χ4n) is 2.79. The van der Waals surface area contributed by atoms with E-state index in [-0.39, 0.29) is 0 Å². The molecule has 0 spiro atoms. The van der Waals surface area contributed by atoms with Crippen molar-refractivity contribution >= 4 is 0 Å². The van der Waals surface area contributed by atoms with E-state index in [4.69, 9.17) is 5.73 Å². The van der Waals surface area contributed by atoms with Crippen molar-refractivity contribution in [1.29, 1.82) is 0 Å². The van der Waals surface area contributed by atoms with Crippen LogP contribution in [0.4, 0.5) is 0 Å². The van der Waals surface area contributed by atoms with Crippen molar-refractivity contribution in [3.63, 3.8) is 0 Å². The van der Waals surface area contributed by atoms with Gasteiger partial charge in [0, 0.05) is 18.1 Å². The van der Waals surface area contributed by atoms with Gasteiger partial charge in [0.2, 0.25) is 0 Å². The fourth-order valence-corrected chi connectivity index (χ4v) is 2.79. The lowest BCUT2D eigenvalue weighted by Gasteiger charge is -2.37. The Kier molecular flexibility index (Phi) is 4.19. The van der Waals surface area contributed by atoms with Crippen LogP contribution in [0.15, 0.2) is 30.3 Å². The van der Waals surface area contributed by atoms with Crippen molar-refractivity contribution in [1.82, 2.24) is 4.90 Å². The maximum absolute atomic E-state index is 5.97. The minimum absolute atomic E-state index is 0.437. The van der Waals surface area contributed by atoms with Crippen molar-refractivity contribution in [2.45, 2.75) is 50.7 Å². The van der Waals surface area contributed by atoms with Gasteiger partial charge in [-0.3, -0.25) is 4.90 Å². The van der Waals surface area contributed by atoms with Crippen LogP contribution in [0.25, 0.3) is 0 Å². The molecule has 1 unspecified atom stereocenters. The first-order chi connectivity index (χ1) is 8.18. The first-order valence-corrected chi connectivity index (χ1v) is 6.71. The van der Waals surface area contributed by atoms with Crippen LogP contribution < -0.4 is 5.73 Å². The molecule has 0 aromatic heterocycles. The quantitative estimate of drug-likeness (QED) is 0.868. The van der Waals surface area contributed by atoms with Crippen molar-refractivity contribution < 1.29 is 0 Å². The van der Waals surface area contributed by atoms with Crippen LogP contribution in [0.2, 0.25) is 0 Å². The molecule has 1 saturated carbocycles. The predicted octanol–water partition coefficient (Wildman–Crippen LogP) is 2.95. The molecule has 1 aliphatic rings. The van der Waals surface area contributed by atoms with Crippen LogP contribution in [0, 0.1) is 0 Å². The monoisotopic (exact) mass is 232 g/mol. The van der Waals surface area contributed by atoms with E-state index in [1.807, 2.05) is 0 Å². The van der Waals surface area contributed by atoms with Gasteiger partial charge < -0.3 is 5.73 Å². The van der Waals surface area contributed by atoms with E-state index in [9.17, 15) is 0 Å². The molecule has 2 nitrogen and oxygen atoms in total. The summed E-state index contributed by atoms with van der Waals surface area (Å²) in [6, 6.07) is 12.4. The third-order valence-corrected chi connectivity index (χ3v) is 4.21. The summed E-state index contributed by atoms with van der Waals surface area (Å²) in [5.41, 5.74) is 7.37. The molecule has 2 heteroatoms. The van der Waals surface area contributed by atoms with Gasteiger partial charge in [-0.15, -0.1) is 0 Å². The summed E-state index contributed by atoms with van der Waals surface area (Å²) in [5, 5.41) is 0. The SMILES string of the molecule is CC(c1ccccc1)N(C)C1CCC(N)CC1. The van der Waals surface area contributed by atoms with Crippen LogP contribution in [0.3, 0.4) is 0 Å². The molecule has 0 amide bonds. The topological polar surface area (TPSA) is 29.3 Å². The highest BCUT2D eigenvalue weighted by molar-refractivity contribution is 5.18. The van der Waals surface area contributed by atoms with E-state index in [1.54, 1.807) is 0 Å². The molecule has 2 rings (SSSR count). The van der Waals surface area contributed by atoms with Gasteiger partial charge in [0.1, 0.15) is 0 Å². The standard InChI is InChI=1S/C15H24N2/c1-12(13-6-4-3-5-7-13)17(2)15-10-8-14(16)9-11-15/h3-7,12,14-15H,8-11,16H2,1-2H3. The second-order valence-electron chi connectivity index (χ2n) is 5.32. The Morgan fingerprint density at radius 1 is 1.12 bits per heavy atom. The van der Waals surface area contributed by atoms with Gasteiger partial charge in [0.25, 0.3) is 0 Å². The van der Waals surface area contributed by atoms with Crippen LogP contribution >= 0.6 is 0 Å². The highest BCUT2D eigenvalue weighted by Gasteiger charge is 2.25. The molecule has 0 bridgehead atoms. The maximum Gasteiger partial charge on any atom is 0.0319 e. The van der Waals surface area contributed by atoms with Crippen LogP contribution in [0.1, 0.15) is 44.2 Å². The molecule has 1 aromatic carbocycles. The Bertz CT molecular complexity index is 328. The number of benzene rings is 1. The summed E-state index contributed by atoms with van der Waals surface area (Å²) in [5.74, 6) is 0. The number of hydrogen-bond donors (Lipinski definition) is 1. The third kappa shape index (κ3) is 3.08. The van der Waals surface area contributed by atoms with E-state index in [0.29, 0.717) is 18.1 Å². The van der Waals surface area contributed by atoms with Crippen molar-refractivity contribution in [3.8, 4) is 0 Å². The summed E-state index contributed by atoms with van der Waals surface area (Å²) in [6.45, 7) is 2.30. The summed E-state index contributed by atoms with van der Waals surface area (Å²) >= 11 is 0. The Balaban J connectivity index is 1.98. The van der Waals surface area contributed by atoms with Crippen molar-refractivity contribution in [2.24, 2.45) is 5.73 Å². The summed E-state index contributed by atoms with van der Waals surface area (Å²) in [7, 11) is 2.25. The molecule has 1 aliphatic carbocycles. The molecule has 94 valence electrons. The maximum atomic E-state index is 5.97. The van der Waals surface area contributed by atoms with Gasteiger partial charge in [-0.2, -0.15) is 0 Å². The molecule has 2 N–H and O–H groups in total. The molecule has 0 saturated heterocycles. The molecule has 1 fully saturated rings. The van der Waals surface area contributed by atoms with E-state index in [1.165, 1.54) is 31.2 Å². The summed E-state index contributed by atoms with van der Waals surface area (Å²) in [6.07, 6.45) is 4.84. The second kappa shape index (κ2) is 5.65. The number of nitrogens with zero attached hydrogens (tertiary/aromatic N) is 1. The lowest BCUT2D eigenvalue weighted by Crippen LogP contribution is -2.39. The molecule has 17 heavy (non-hydrogen) atoms. The Labute approximate surface area is 105 Å². The minimum atomic E-state index is 0.437. The average Bonchev–Trinajstić information content (AvgIpc) is 2.39. The largest absolute Gasteiger partial charge is 0.328 e. The number of nitrogens with two attached hydrogens (primary N) is 1. The van der Waals surface area contributed by atoms with E-state index >= 15 is 0 Å². The van der Waals surface area contributed by atoms with Crippen LogP contribution in [0.5, 0.6) is 0 Å². The Morgan fingerprint density at radius 3 is 2.29 bits per heavy atom. The van der Waals surface area contributed by atoms with E-state index in [2.05, 4.69) is 49.2 Å². The molecule has 0 heterocycles. The van der Waals surface area contributed by atoms with Gasteiger partial charge >= 0.3 is 0 Å². The van der Waals surface area contributed by atoms with Gasteiger partial charge in [-0.05, 0) is 45.2 Å². The summed E-state index contributed by atoms with van der Waals surface area (Å²) < 4.78 is 0. The first-order valence-electron chi connectivity index (χ1n) is 6.71. The first kappa shape index (κ1) is 12.6. The normalized spacial score (nSPS) is 27.1. The number of rotatable bonds is 3. The van der Waals surface area contributed by atoms with E-state index < -0.39 is 0 Å². The van der Waals surface area contributed by atoms with E-state index in [0.717, 1.165) is 0 Å². The lowest BCUT2D eigenvalue weighted by atomic mass is 9.90. The smallest absolute Gasteiger partial charge is 0.0319 e. The fraction of sp³-hybridized carbons (Fsp3) is 0.600. The molecular weight excluding hydrogens is 208 g/mol. The zero-order valence-corrected chi connectivity index (χ0v) is 11.0. The second-order valence-corrected chi connectivity index (χ2v) is 5.32. The Hall–Kier alpha value is -0.860. The predicted molar refractivity (Wildman–Crippen MR) is 72.9 cm³/mol. The number of hydrogen-bond acceptors (Lipinski definition) is 2. The van der Waals surface area contributed by atoms with Crippen molar-refractivity contribution in [3.05, 3.63) is 35.9 Å². The summed E-state index contributed by atoms with van der Waals surface area (Å²) in [4.78, 5) is 2.52. The zero-order valence-electron chi connectivity index (χ0n) is 11.0. The molecule has 0 radical (unpaired) electrons. The molecular formula is C15H24N2. The van der Waals surface area contributed by atoms with Crippen molar-refractivity contribution in [2.75, 3.05) is 7.05 Å². The van der Waals surface area contributed by atoms with Gasteiger partial charge in [0.05, 0.1) is 0 Å². The van der Waals surface area contributed by atoms with Crippen LogP contribution in [-0.4, -0.2) is 24.0 Å². The third-order valence-electron chi connectivity index (χ3n) is 4.21.